The van der Waals surface area contributed by atoms with Gasteiger partial charge in [0.1, 0.15) is 6.33 Å². The second-order valence-electron chi connectivity index (χ2n) is 8.35. The molecule has 0 spiro atoms. The Morgan fingerprint density at radius 2 is 1.75 bits per heavy atom. The topological polar surface area (TPSA) is 49.3 Å². The first-order chi connectivity index (χ1) is 15.6. The minimum absolute atomic E-state index is 0.0969. The van der Waals surface area contributed by atoms with Crippen LogP contribution in [0.2, 0.25) is 0 Å². The number of rotatable bonds is 5. The van der Waals surface area contributed by atoms with Crippen molar-refractivity contribution in [1.29, 1.82) is 0 Å². The molecule has 0 atom stereocenters. The third-order valence-corrected chi connectivity index (χ3v) is 5.83. The average Bonchev–Trinajstić information content (AvgIpc) is 2.81. The van der Waals surface area contributed by atoms with Gasteiger partial charge in [-0.1, -0.05) is 48.2 Å². The monoisotopic (exact) mass is 424 g/mol. The quantitative estimate of drug-likeness (QED) is 0.464. The van der Waals surface area contributed by atoms with Crippen LogP contribution in [0.4, 0.5) is 0 Å². The van der Waals surface area contributed by atoms with Crippen LogP contribution in [0.3, 0.4) is 0 Å². The normalized spacial score (nSPS) is 14.6. The standard InChI is InChI=1S/C27H28N4O/c1-21-26(18-28-20-29-21)11-10-22-4-3-5-25(16-22)27(32)17-23-6-8-24(9-7-23)19-31-14-12-30(2)13-15-31/h3-9,16,18,20H,12-15,17,19H2,1-2H3. The fraction of sp³-hybridized carbons (Fsp3) is 0.296. The third kappa shape index (κ3) is 5.88. The lowest BCUT2D eigenvalue weighted by molar-refractivity contribution is 0.0993. The molecule has 1 fully saturated rings. The summed E-state index contributed by atoms with van der Waals surface area (Å²) >= 11 is 0. The predicted octanol–water partition coefficient (Wildman–Crippen LogP) is 3.36. The summed E-state index contributed by atoms with van der Waals surface area (Å²) in [6, 6.07) is 15.9. The number of likely N-dealkylation sites (N-methyl/N-ethyl adjacent to an activating group) is 1. The van der Waals surface area contributed by atoms with Crippen molar-refractivity contribution in [2.24, 2.45) is 0 Å². The van der Waals surface area contributed by atoms with E-state index in [1.807, 2.05) is 31.2 Å². The number of Topliss-reactive ketones (excluding diaryl/α,β-unsaturated/α-hetero) is 1. The molecule has 1 saturated heterocycles. The van der Waals surface area contributed by atoms with Crippen LogP contribution in [0.5, 0.6) is 0 Å². The summed E-state index contributed by atoms with van der Waals surface area (Å²) < 4.78 is 0. The van der Waals surface area contributed by atoms with Crippen LogP contribution in [0, 0.1) is 18.8 Å². The van der Waals surface area contributed by atoms with Gasteiger partial charge < -0.3 is 4.90 Å². The minimum Gasteiger partial charge on any atom is -0.304 e. The van der Waals surface area contributed by atoms with Crippen LogP contribution < -0.4 is 0 Å². The number of benzene rings is 2. The SMILES string of the molecule is Cc1ncncc1C#Cc1cccc(C(=O)Cc2ccc(CN3CCN(C)CC3)cc2)c1. The minimum atomic E-state index is 0.0969. The van der Waals surface area contributed by atoms with Gasteiger partial charge in [-0.15, -0.1) is 0 Å². The second-order valence-corrected chi connectivity index (χ2v) is 8.35. The molecule has 1 aromatic heterocycles. The summed E-state index contributed by atoms with van der Waals surface area (Å²) in [5.41, 5.74) is 5.45. The molecule has 3 aromatic rings. The molecule has 5 nitrogen and oxygen atoms in total. The highest BCUT2D eigenvalue weighted by Gasteiger charge is 2.14. The summed E-state index contributed by atoms with van der Waals surface area (Å²) in [6.45, 7) is 7.32. The zero-order valence-corrected chi connectivity index (χ0v) is 18.7. The molecule has 2 heterocycles. The van der Waals surface area contributed by atoms with Gasteiger partial charge in [0.2, 0.25) is 0 Å². The number of hydrogen-bond acceptors (Lipinski definition) is 5. The number of ketones is 1. The number of carbonyl (C=O) groups excluding carboxylic acids is 1. The number of aromatic nitrogens is 2. The van der Waals surface area contributed by atoms with E-state index in [9.17, 15) is 4.79 Å². The Labute approximate surface area is 190 Å². The van der Waals surface area contributed by atoms with Crippen LogP contribution in [-0.2, 0) is 13.0 Å². The van der Waals surface area contributed by atoms with Gasteiger partial charge in [0.25, 0.3) is 0 Å². The van der Waals surface area contributed by atoms with Crippen molar-refractivity contribution in [3.8, 4) is 11.8 Å². The molecule has 0 aliphatic carbocycles. The van der Waals surface area contributed by atoms with Crippen LogP contribution >= 0.6 is 0 Å². The molecule has 0 N–H and O–H groups in total. The van der Waals surface area contributed by atoms with Crippen molar-refractivity contribution >= 4 is 5.78 Å². The van der Waals surface area contributed by atoms with E-state index in [1.54, 1.807) is 6.20 Å². The first kappa shape index (κ1) is 21.9. The molecule has 0 saturated carbocycles. The van der Waals surface area contributed by atoms with Crippen molar-refractivity contribution < 1.29 is 4.79 Å². The van der Waals surface area contributed by atoms with Crippen molar-refractivity contribution in [2.45, 2.75) is 19.9 Å². The molecule has 5 heteroatoms. The van der Waals surface area contributed by atoms with Crippen molar-refractivity contribution in [3.63, 3.8) is 0 Å². The Balaban J connectivity index is 1.38. The lowest BCUT2D eigenvalue weighted by Crippen LogP contribution is -2.43. The summed E-state index contributed by atoms with van der Waals surface area (Å²) in [6.07, 6.45) is 3.60. The summed E-state index contributed by atoms with van der Waals surface area (Å²) in [5, 5.41) is 0. The molecule has 2 aromatic carbocycles. The lowest BCUT2D eigenvalue weighted by Gasteiger charge is -2.32. The van der Waals surface area contributed by atoms with Gasteiger partial charge in [-0.2, -0.15) is 0 Å². The van der Waals surface area contributed by atoms with E-state index in [-0.39, 0.29) is 5.78 Å². The number of aryl methyl sites for hydroxylation is 1. The Morgan fingerprint density at radius 1 is 1.00 bits per heavy atom. The van der Waals surface area contributed by atoms with E-state index >= 15 is 0 Å². The fourth-order valence-electron chi connectivity index (χ4n) is 3.74. The van der Waals surface area contributed by atoms with Gasteiger partial charge in [-0.3, -0.25) is 9.69 Å². The summed E-state index contributed by atoms with van der Waals surface area (Å²) in [7, 11) is 2.17. The van der Waals surface area contributed by atoms with Crippen molar-refractivity contribution in [3.05, 3.63) is 94.6 Å². The van der Waals surface area contributed by atoms with E-state index in [2.05, 4.69) is 62.9 Å². The summed E-state index contributed by atoms with van der Waals surface area (Å²) in [5.74, 6) is 6.31. The van der Waals surface area contributed by atoms with Gasteiger partial charge in [0.15, 0.2) is 5.78 Å². The van der Waals surface area contributed by atoms with Crippen LogP contribution in [0.15, 0.2) is 61.1 Å². The number of nitrogens with zero attached hydrogens (tertiary/aromatic N) is 4. The predicted molar refractivity (Wildman–Crippen MR) is 126 cm³/mol. The Hall–Kier alpha value is -3.33. The smallest absolute Gasteiger partial charge is 0.167 e. The number of carbonyl (C=O) groups is 1. The Morgan fingerprint density at radius 3 is 2.50 bits per heavy atom. The Kier molecular flexibility index (Phi) is 7.06. The van der Waals surface area contributed by atoms with E-state index in [1.165, 1.54) is 11.9 Å². The van der Waals surface area contributed by atoms with Gasteiger partial charge in [0, 0.05) is 56.5 Å². The van der Waals surface area contributed by atoms with E-state index in [0.717, 1.165) is 55.1 Å². The third-order valence-electron chi connectivity index (χ3n) is 5.83. The number of hydrogen-bond donors (Lipinski definition) is 0. The molecular weight excluding hydrogens is 396 g/mol. The highest BCUT2D eigenvalue weighted by atomic mass is 16.1. The molecule has 1 aliphatic rings. The lowest BCUT2D eigenvalue weighted by atomic mass is 10.0. The Bertz CT molecular complexity index is 1140. The first-order valence-corrected chi connectivity index (χ1v) is 11.0. The van der Waals surface area contributed by atoms with Gasteiger partial charge in [0.05, 0.1) is 11.3 Å². The number of piperazine rings is 1. The molecule has 0 radical (unpaired) electrons. The maximum Gasteiger partial charge on any atom is 0.167 e. The van der Waals surface area contributed by atoms with Crippen LogP contribution in [0.1, 0.15) is 38.3 Å². The molecule has 1 aliphatic heterocycles. The molecule has 32 heavy (non-hydrogen) atoms. The zero-order chi connectivity index (χ0) is 22.3. The van der Waals surface area contributed by atoms with Gasteiger partial charge >= 0.3 is 0 Å². The largest absolute Gasteiger partial charge is 0.304 e. The van der Waals surface area contributed by atoms with Gasteiger partial charge in [-0.05, 0) is 37.2 Å². The average molecular weight is 425 g/mol. The van der Waals surface area contributed by atoms with E-state index in [0.29, 0.717) is 12.0 Å². The maximum atomic E-state index is 12.8. The van der Waals surface area contributed by atoms with Crippen molar-refractivity contribution in [1.82, 2.24) is 19.8 Å². The molecule has 162 valence electrons. The maximum absolute atomic E-state index is 12.8. The van der Waals surface area contributed by atoms with Crippen LogP contribution in [-0.4, -0.2) is 58.8 Å². The van der Waals surface area contributed by atoms with E-state index in [4.69, 9.17) is 0 Å². The second kappa shape index (κ2) is 10.3. The first-order valence-electron chi connectivity index (χ1n) is 11.0. The molecule has 0 bridgehead atoms. The summed E-state index contributed by atoms with van der Waals surface area (Å²) in [4.78, 5) is 25.9. The molecular formula is C27H28N4O. The van der Waals surface area contributed by atoms with E-state index < -0.39 is 0 Å². The highest BCUT2D eigenvalue weighted by Crippen LogP contribution is 2.13. The molecule has 4 rings (SSSR count). The van der Waals surface area contributed by atoms with Crippen LogP contribution in [0.25, 0.3) is 0 Å². The molecule has 0 amide bonds. The fourth-order valence-corrected chi connectivity index (χ4v) is 3.74. The van der Waals surface area contributed by atoms with Gasteiger partial charge in [-0.25, -0.2) is 9.97 Å². The zero-order valence-electron chi connectivity index (χ0n) is 18.7. The van der Waals surface area contributed by atoms with Crippen molar-refractivity contribution in [2.75, 3.05) is 33.2 Å². The molecule has 0 unspecified atom stereocenters. The highest BCUT2D eigenvalue weighted by molar-refractivity contribution is 5.97.